The van der Waals surface area contributed by atoms with Crippen molar-refractivity contribution in [2.45, 2.75) is 24.4 Å². The van der Waals surface area contributed by atoms with Gasteiger partial charge in [0.15, 0.2) is 0 Å². The van der Waals surface area contributed by atoms with E-state index in [0.717, 1.165) is 5.69 Å². The summed E-state index contributed by atoms with van der Waals surface area (Å²) in [6.07, 6.45) is 5.76. The van der Waals surface area contributed by atoms with Crippen molar-refractivity contribution in [3.63, 3.8) is 0 Å². The van der Waals surface area contributed by atoms with Gasteiger partial charge in [-0.2, -0.15) is 10.2 Å². The van der Waals surface area contributed by atoms with Gasteiger partial charge in [-0.1, -0.05) is 18.2 Å². The first-order valence-corrected chi connectivity index (χ1v) is 8.48. The summed E-state index contributed by atoms with van der Waals surface area (Å²) in [7, 11) is -3.64. The Balaban J connectivity index is 1.74. The smallest absolute Gasteiger partial charge is 0.244 e. The largest absolute Gasteiger partial charge is 0.251 e. The maximum atomic E-state index is 12.4. The minimum atomic E-state index is -3.64. The Bertz CT molecular complexity index is 858. The van der Waals surface area contributed by atoms with E-state index in [1.54, 1.807) is 11.6 Å². The summed E-state index contributed by atoms with van der Waals surface area (Å²) in [4.78, 5) is 3.95. The summed E-state index contributed by atoms with van der Waals surface area (Å²) < 4.78 is 30.5. The highest BCUT2D eigenvalue weighted by molar-refractivity contribution is 7.89. The molecule has 2 heterocycles. The summed E-state index contributed by atoms with van der Waals surface area (Å²) in [5.74, 6) is 0. The van der Waals surface area contributed by atoms with Crippen molar-refractivity contribution in [2.24, 2.45) is 0 Å². The molecule has 1 aromatic carbocycles. The predicted molar refractivity (Wildman–Crippen MR) is 83.4 cm³/mol. The summed E-state index contributed by atoms with van der Waals surface area (Å²) >= 11 is 0. The van der Waals surface area contributed by atoms with Crippen LogP contribution < -0.4 is 4.72 Å². The standard InChI is InChI=1S/C14H16N6O2S/c1-12(8-19-11-15-10-17-19)18-23(21,22)14-7-16-20(9-14)13-5-3-2-4-6-13/h2-7,9-12,18H,8H2,1H3. The summed E-state index contributed by atoms with van der Waals surface area (Å²) in [6.45, 7) is 2.16. The molecule has 8 nitrogen and oxygen atoms in total. The molecule has 2 aromatic heterocycles. The van der Waals surface area contributed by atoms with E-state index < -0.39 is 10.0 Å². The molecule has 0 spiro atoms. The van der Waals surface area contributed by atoms with Crippen molar-refractivity contribution in [1.82, 2.24) is 29.3 Å². The number of nitrogens with zero attached hydrogens (tertiary/aromatic N) is 5. The number of hydrogen-bond acceptors (Lipinski definition) is 5. The molecule has 0 bridgehead atoms. The van der Waals surface area contributed by atoms with Crippen LogP contribution in [0.1, 0.15) is 6.92 Å². The Kier molecular flexibility index (Phi) is 4.22. The lowest BCUT2D eigenvalue weighted by molar-refractivity contribution is 0.493. The second kappa shape index (κ2) is 6.31. The molecule has 0 aliphatic rings. The number of sulfonamides is 1. The minimum absolute atomic E-state index is 0.117. The van der Waals surface area contributed by atoms with Crippen LogP contribution in [0.5, 0.6) is 0 Å². The van der Waals surface area contributed by atoms with Gasteiger partial charge in [-0.15, -0.1) is 0 Å². The highest BCUT2D eigenvalue weighted by atomic mass is 32.2. The second-order valence-electron chi connectivity index (χ2n) is 5.10. The maximum Gasteiger partial charge on any atom is 0.244 e. The van der Waals surface area contributed by atoms with E-state index in [4.69, 9.17) is 0 Å². The van der Waals surface area contributed by atoms with Crippen LogP contribution in [-0.2, 0) is 16.6 Å². The Morgan fingerprint density at radius 3 is 2.70 bits per heavy atom. The molecule has 1 unspecified atom stereocenters. The van der Waals surface area contributed by atoms with Crippen LogP contribution in [0.2, 0.25) is 0 Å². The van der Waals surface area contributed by atoms with E-state index in [0.29, 0.717) is 6.54 Å². The van der Waals surface area contributed by atoms with Gasteiger partial charge < -0.3 is 0 Å². The van der Waals surface area contributed by atoms with Crippen LogP contribution in [0.3, 0.4) is 0 Å². The summed E-state index contributed by atoms with van der Waals surface area (Å²) in [5, 5.41) is 8.06. The van der Waals surface area contributed by atoms with Crippen molar-refractivity contribution >= 4 is 10.0 Å². The number of hydrogen-bond donors (Lipinski definition) is 1. The van der Waals surface area contributed by atoms with Gasteiger partial charge in [0.1, 0.15) is 17.6 Å². The normalized spacial score (nSPS) is 13.1. The van der Waals surface area contributed by atoms with Crippen molar-refractivity contribution in [3.05, 3.63) is 55.4 Å². The number of benzene rings is 1. The molecule has 9 heteroatoms. The third-order valence-electron chi connectivity index (χ3n) is 3.17. The highest BCUT2D eigenvalue weighted by Crippen LogP contribution is 2.12. The van der Waals surface area contributed by atoms with Crippen LogP contribution in [0.25, 0.3) is 5.69 Å². The third-order valence-corrected chi connectivity index (χ3v) is 4.72. The molecular formula is C14H16N6O2S. The van der Waals surface area contributed by atoms with E-state index in [1.807, 2.05) is 30.3 Å². The van der Waals surface area contributed by atoms with E-state index in [1.165, 1.54) is 29.7 Å². The first-order valence-electron chi connectivity index (χ1n) is 6.99. The molecule has 3 rings (SSSR count). The Morgan fingerprint density at radius 1 is 1.22 bits per heavy atom. The molecule has 0 radical (unpaired) electrons. The summed E-state index contributed by atoms with van der Waals surface area (Å²) in [5.41, 5.74) is 0.796. The topological polar surface area (TPSA) is 94.7 Å². The first kappa shape index (κ1) is 15.4. The Morgan fingerprint density at radius 2 is 2.00 bits per heavy atom. The molecule has 1 N–H and O–H groups in total. The number of rotatable bonds is 6. The van der Waals surface area contributed by atoms with Crippen LogP contribution in [0.15, 0.2) is 60.3 Å². The van der Waals surface area contributed by atoms with Gasteiger partial charge in [0.05, 0.1) is 24.6 Å². The lowest BCUT2D eigenvalue weighted by atomic mass is 10.3. The number of nitrogens with one attached hydrogen (secondary N) is 1. The van der Waals surface area contributed by atoms with E-state index in [9.17, 15) is 8.42 Å². The molecule has 3 aromatic rings. The zero-order chi connectivity index (χ0) is 16.3. The molecule has 23 heavy (non-hydrogen) atoms. The van der Waals surface area contributed by atoms with Crippen LogP contribution in [0, 0.1) is 0 Å². The number of para-hydroxylation sites is 1. The van der Waals surface area contributed by atoms with Gasteiger partial charge in [0.25, 0.3) is 0 Å². The SMILES string of the molecule is CC(Cn1cncn1)NS(=O)(=O)c1cnn(-c2ccccc2)c1. The highest BCUT2D eigenvalue weighted by Gasteiger charge is 2.20. The lowest BCUT2D eigenvalue weighted by Gasteiger charge is -2.12. The molecule has 120 valence electrons. The van der Waals surface area contributed by atoms with Crippen molar-refractivity contribution in [2.75, 3.05) is 0 Å². The third kappa shape index (κ3) is 3.63. The van der Waals surface area contributed by atoms with Gasteiger partial charge in [0.2, 0.25) is 10.0 Å². The lowest BCUT2D eigenvalue weighted by Crippen LogP contribution is -2.35. The van der Waals surface area contributed by atoms with Crippen LogP contribution in [-0.4, -0.2) is 39.0 Å². The monoisotopic (exact) mass is 332 g/mol. The predicted octanol–water partition coefficient (Wildman–Crippen LogP) is 0.831. The van der Waals surface area contributed by atoms with Gasteiger partial charge in [-0.25, -0.2) is 22.8 Å². The Labute approximate surface area is 133 Å². The van der Waals surface area contributed by atoms with Crippen molar-refractivity contribution < 1.29 is 8.42 Å². The van der Waals surface area contributed by atoms with E-state index in [2.05, 4.69) is 19.9 Å². The van der Waals surface area contributed by atoms with Gasteiger partial charge in [-0.05, 0) is 19.1 Å². The average Bonchev–Trinajstić information content (AvgIpc) is 3.18. The fourth-order valence-electron chi connectivity index (χ4n) is 2.14. The van der Waals surface area contributed by atoms with Gasteiger partial charge >= 0.3 is 0 Å². The summed E-state index contributed by atoms with van der Waals surface area (Å²) in [6, 6.07) is 8.99. The molecular weight excluding hydrogens is 316 g/mol. The molecule has 0 amide bonds. The average molecular weight is 332 g/mol. The molecule has 0 fully saturated rings. The minimum Gasteiger partial charge on any atom is -0.251 e. The number of aromatic nitrogens is 5. The first-order chi connectivity index (χ1) is 11.0. The molecule has 0 aliphatic carbocycles. The van der Waals surface area contributed by atoms with E-state index >= 15 is 0 Å². The van der Waals surface area contributed by atoms with Crippen LogP contribution in [0.4, 0.5) is 0 Å². The molecule has 0 saturated heterocycles. The maximum absolute atomic E-state index is 12.4. The van der Waals surface area contributed by atoms with Crippen molar-refractivity contribution in [1.29, 1.82) is 0 Å². The zero-order valence-corrected chi connectivity index (χ0v) is 13.3. The van der Waals surface area contributed by atoms with Gasteiger partial charge in [0, 0.05) is 6.04 Å². The van der Waals surface area contributed by atoms with Crippen molar-refractivity contribution in [3.8, 4) is 5.69 Å². The fraction of sp³-hybridized carbons (Fsp3) is 0.214. The Hall–Kier alpha value is -2.52. The molecule has 0 saturated carbocycles. The second-order valence-corrected chi connectivity index (χ2v) is 6.81. The van der Waals surface area contributed by atoms with Gasteiger partial charge in [-0.3, -0.25) is 4.68 Å². The van der Waals surface area contributed by atoms with E-state index in [-0.39, 0.29) is 10.9 Å². The quantitative estimate of drug-likeness (QED) is 0.721. The zero-order valence-electron chi connectivity index (χ0n) is 12.4. The fourth-order valence-corrected chi connectivity index (χ4v) is 3.31. The van der Waals surface area contributed by atoms with Crippen LogP contribution >= 0.6 is 0 Å². The molecule has 0 aliphatic heterocycles. The molecule has 1 atom stereocenters.